The number of fused-ring (bicyclic) bond motifs is 3. The van der Waals surface area contributed by atoms with Gasteiger partial charge in [0.1, 0.15) is 5.82 Å². The van der Waals surface area contributed by atoms with E-state index in [-0.39, 0.29) is 11.6 Å². The monoisotopic (exact) mass is 487 g/mol. The number of piperidine rings is 1. The number of anilines is 2. The SMILES string of the molecule is Cc1noc(N2C[C@H]3CC[C@@H](C2)C3Nc2nc3c(-c4ccc(F)c(C(F)(F)F)c4)cccn3n2)n1. The highest BCUT2D eigenvalue weighted by Gasteiger charge is 2.43. The van der Waals surface area contributed by atoms with Crippen LogP contribution in [0.3, 0.4) is 0 Å². The van der Waals surface area contributed by atoms with Crippen molar-refractivity contribution in [2.75, 3.05) is 23.3 Å². The lowest BCUT2D eigenvalue weighted by Gasteiger charge is -2.37. The van der Waals surface area contributed by atoms with Gasteiger partial charge in [0.15, 0.2) is 11.5 Å². The summed E-state index contributed by atoms with van der Waals surface area (Å²) in [5, 5.41) is 11.8. The van der Waals surface area contributed by atoms with Crippen LogP contribution in [0.15, 0.2) is 41.1 Å². The number of nitrogens with one attached hydrogen (secondary N) is 1. The van der Waals surface area contributed by atoms with Gasteiger partial charge in [0.25, 0.3) is 0 Å². The zero-order valence-corrected chi connectivity index (χ0v) is 18.6. The topological polar surface area (TPSA) is 84.4 Å². The first kappa shape index (κ1) is 21.8. The maximum Gasteiger partial charge on any atom is 0.419 e. The number of hydrogen-bond acceptors (Lipinski definition) is 7. The van der Waals surface area contributed by atoms with Crippen molar-refractivity contribution in [3.8, 4) is 11.1 Å². The van der Waals surface area contributed by atoms with Crippen LogP contribution in [0, 0.1) is 24.6 Å². The van der Waals surface area contributed by atoms with E-state index in [2.05, 4.69) is 30.4 Å². The molecule has 1 aliphatic carbocycles. The van der Waals surface area contributed by atoms with Gasteiger partial charge in [0, 0.05) is 30.9 Å². The van der Waals surface area contributed by atoms with E-state index in [1.54, 1.807) is 25.3 Å². The molecule has 182 valence electrons. The van der Waals surface area contributed by atoms with Crippen molar-refractivity contribution < 1.29 is 22.1 Å². The second-order valence-electron chi connectivity index (χ2n) is 9.11. The van der Waals surface area contributed by atoms with Crippen LogP contribution in [0.4, 0.5) is 29.5 Å². The summed E-state index contributed by atoms with van der Waals surface area (Å²) in [5.41, 5.74) is -0.273. The van der Waals surface area contributed by atoms with Crippen molar-refractivity contribution in [3.05, 3.63) is 53.7 Å². The number of aryl methyl sites for hydroxylation is 1. The number of alkyl halides is 3. The van der Waals surface area contributed by atoms with Crippen molar-refractivity contribution in [3.63, 3.8) is 0 Å². The molecule has 1 saturated heterocycles. The van der Waals surface area contributed by atoms with Gasteiger partial charge in [-0.05, 0) is 61.4 Å². The number of pyridine rings is 1. The predicted molar refractivity (Wildman–Crippen MR) is 118 cm³/mol. The van der Waals surface area contributed by atoms with E-state index >= 15 is 0 Å². The molecule has 2 aliphatic rings. The summed E-state index contributed by atoms with van der Waals surface area (Å²) in [6.07, 6.45) is -1.03. The molecule has 1 aromatic carbocycles. The van der Waals surface area contributed by atoms with E-state index in [1.165, 1.54) is 10.6 Å². The first-order valence-corrected chi connectivity index (χ1v) is 11.3. The second kappa shape index (κ2) is 7.92. The Morgan fingerprint density at radius 1 is 1.09 bits per heavy atom. The van der Waals surface area contributed by atoms with Gasteiger partial charge < -0.3 is 14.7 Å². The Morgan fingerprint density at radius 2 is 1.86 bits per heavy atom. The normalized spacial score (nSPS) is 22.2. The fraction of sp³-hybridized carbons (Fsp3) is 0.391. The molecule has 0 spiro atoms. The Labute approximate surface area is 197 Å². The minimum Gasteiger partial charge on any atom is -0.349 e. The molecule has 4 heterocycles. The van der Waals surface area contributed by atoms with Crippen molar-refractivity contribution in [2.45, 2.75) is 32.0 Å². The number of halogens is 4. The third-order valence-corrected chi connectivity index (χ3v) is 6.86. The van der Waals surface area contributed by atoms with E-state index in [4.69, 9.17) is 4.52 Å². The standard InChI is InChI=1S/C23H21F4N7O/c1-12-28-22(35-32-12)33-10-14-4-5-15(11-33)19(14)29-21-30-20-16(3-2-8-34(20)31-21)13-6-7-18(24)17(9-13)23(25,26)27/h2-3,6-9,14-15,19H,4-5,10-11H2,1H3,(H,29,31)/t14-,15+,19?. The molecule has 35 heavy (non-hydrogen) atoms. The third-order valence-electron chi connectivity index (χ3n) is 6.86. The second-order valence-corrected chi connectivity index (χ2v) is 9.11. The van der Waals surface area contributed by atoms with Crippen molar-refractivity contribution >= 4 is 17.6 Å². The van der Waals surface area contributed by atoms with Gasteiger partial charge in [-0.25, -0.2) is 8.91 Å². The molecular weight excluding hydrogens is 466 g/mol. The molecular formula is C23H21F4N7O. The third kappa shape index (κ3) is 3.86. The Morgan fingerprint density at radius 3 is 2.54 bits per heavy atom. The molecule has 12 heteroatoms. The van der Waals surface area contributed by atoms with Crippen LogP contribution >= 0.6 is 0 Å². The molecule has 8 nitrogen and oxygen atoms in total. The first-order chi connectivity index (χ1) is 16.8. The highest BCUT2D eigenvalue weighted by Crippen LogP contribution is 2.40. The van der Waals surface area contributed by atoms with Crippen LogP contribution in [-0.4, -0.2) is 43.9 Å². The van der Waals surface area contributed by atoms with Gasteiger partial charge in [-0.15, -0.1) is 5.10 Å². The van der Waals surface area contributed by atoms with E-state index < -0.39 is 17.6 Å². The van der Waals surface area contributed by atoms with E-state index in [0.717, 1.165) is 38.1 Å². The maximum atomic E-state index is 13.8. The molecule has 3 aromatic heterocycles. The van der Waals surface area contributed by atoms with Crippen LogP contribution in [-0.2, 0) is 6.18 Å². The zero-order chi connectivity index (χ0) is 24.3. The van der Waals surface area contributed by atoms with Crippen molar-refractivity contribution in [1.82, 2.24) is 24.7 Å². The number of rotatable bonds is 4. The average Bonchev–Trinajstić information content (AvgIpc) is 3.48. The van der Waals surface area contributed by atoms with Gasteiger partial charge in [0.05, 0.1) is 5.56 Å². The molecule has 2 fully saturated rings. The summed E-state index contributed by atoms with van der Waals surface area (Å²) in [4.78, 5) is 11.0. The summed E-state index contributed by atoms with van der Waals surface area (Å²) in [6.45, 7) is 3.32. The van der Waals surface area contributed by atoms with Crippen molar-refractivity contribution in [2.24, 2.45) is 11.8 Å². The largest absolute Gasteiger partial charge is 0.419 e. The minimum atomic E-state index is -4.79. The fourth-order valence-corrected chi connectivity index (χ4v) is 5.28. The summed E-state index contributed by atoms with van der Waals surface area (Å²) in [6, 6.07) is 6.96. The zero-order valence-electron chi connectivity index (χ0n) is 18.6. The Balaban J connectivity index is 1.27. The molecule has 1 N–H and O–H groups in total. The van der Waals surface area contributed by atoms with E-state index in [1.807, 2.05) is 0 Å². The molecule has 3 atom stereocenters. The van der Waals surface area contributed by atoms with Crippen LogP contribution in [0.25, 0.3) is 16.8 Å². The van der Waals surface area contributed by atoms with Gasteiger partial charge in [0.2, 0.25) is 5.95 Å². The quantitative estimate of drug-likeness (QED) is 0.422. The van der Waals surface area contributed by atoms with Crippen molar-refractivity contribution in [1.29, 1.82) is 0 Å². The lowest BCUT2D eigenvalue weighted by Crippen LogP contribution is -2.48. The Kier molecular flexibility index (Phi) is 4.94. The number of aromatic nitrogens is 5. The molecule has 1 saturated carbocycles. The molecule has 6 rings (SSSR count). The maximum absolute atomic E-state index is 13.8. The van der Waals surface area contributed by atoms with Gasteiger partial charge in [-0.3, -0.25) is 0 Å². The number of nitrogens with zero attached hydrogens (tertiary/aromatic N) is 6. The van der Waals surface area contributed by atoms with Gasteiger partial charge in [-0.2, -0.15) is 23.1 Å². The summed E-state index contributed by atoms with van der Waals surface area (Å²) in [7, 11) is 0. The molecule has 0 radical (unpaired) electrons. The van der Waals surface area contributed by atoms with Crippen LogP contribution in [0.5, 0.6) is 0 Å². The molecule has 0 amide bonds. The van der Waals surface area contributed by atoms with Crippen LogP contribution in [0.2, 0.25) is 0 Å². The number of hydrogen-bond donors (Lipinski definition) is 1. The summed E-state index contributed by atoms with van der Waals surface area (Å²) >= 11 is 0. The molecule has 1 unspecified atom stereocenters. The van der Waals surface area contributed by atoms with E-state index in [9.17, 15) is 17.6 Å². The number of benzene rings is 1. The first-order valence-electron chi connectivity index (χ1n) is 11.3. The highest BCUT2D eigenvalue weighted by atomic mass is 19.4. The summed E-state index contributed by atoms with van der Waals surface area (Å²) in [5.74, 6) is 0.354. The predicted octanol–water partition coefficient (Wildman–Crippen LogP) is 4.57. The minimum absolute atomic E-state index is 0.152. The molecule has 4 aromatic rings. The Bertz CT molecular complexity index is 1380. The van der Waals surface area contributed by atoms with Crippen LogP contribution < -0.4 is 10.2 Å². The van der Waals surface area contributed by atoms with Crippen LogP contribution in [0.1, 0.15) is 24.2 Å². The highest BCUT2D eigenvalue weighted by molar-refractivity contribution is 5.78. The lowest BCUT2D eigenvalue weighted by molar-refractivity contribution is -0.139. The molecule has 2 bridgehead atoms. The fourth-order valence-electron chi connectivity index (χ4n) is 5.28. The van der Waals surface area contributed by atoms with Gasteiger partial charge in [-0.1, -0.05) is 11.2 Å². The smallest absolute Gasteiger partial charge is 0.349 e. The summed E-state index contributed by atoms with van der Waals surface area (Å²) < 4.78 is 60.4. The molecule has 1 aliphatic heterocycles. The van der Waals surface area contributed by atoms with E-state index in [0.29, 0.717) is 40.8 Å². The lowest BCUT2D eigenvalue weighted by atomic mass is 9.92. The Hall–Kier alpha value is -3.70. The average molecular weight is 487 g/mol. The van der Waals surface area contributed by atoms with Gasteiger partial charge >= 0.3 is 12.2 Å².